The molecule has 0 atom stereocenters. The van der Waals surface area contributed by atoms with Gasteiger partial charge >= 0.3 is 6.18 Å². The Morgan fingerprint density at radius 2 is 1.68 bits per heavy atom. The monoisotopic (exact) mass is 388 g/mol. The second kappa shape index (κ2) is 8.16. The molecule has 0 fully saturated rings. The number of aryl methyl sites for hydroxylation is 1. The van der Waals surface area contributed by atoms with Crippen molar-refractivity contribution in [2.45, 2.75) is 20.0 Å². The molecule has 0 unspecified atom stereocenters. The molecule has 0 radical (unpaired) electrons. The second-order valence-electron chi connectivity index (χ2n) is 5.97. The van der Waals surface area contributed by atoms with Gasteiger partial charge in [0.2, 0.25) is 5.95 Å². The highest BCUT2D eigenvalue weighted by atomic mass is 19.4. The molecule has 1 heterocycles. The fraction of sp³-hybridized carbons (Fsp3) is 0.200. The van der Waals surface area contributed by atoms with Crippen LogP contribution in [0.2, 0.25) is 0 Å². The molecule has 5 nitrogen and oxygen atoms in total. The quantitative estimate of drug-likeness (QED) is 0.568. The summed E-state index contributed by atoms with van der Waals surface area (Å²) in [5.74, 6) is 1.48. The molecule has 146 valence electrons. The predicted octanol–water partition coefficient (Wildman–Crippen LogP) is 5.69. The largest absolute Gasteiger partial charge is 0.492 e. The molecule has 0 saturated heterocycles. The van der Waals surface area contributed by atoms with E-state index in [4.69, 9.17) is 4.74 Å². The van der Waals surface area contributed by atoms with Crippen LogP contribution in [0.25, 0.3) is 0 Å². The first-order valence-electron chi connectivity index (χ1n) is 8.64. The summed E-state index contributed by atoms with van der Waals surface area (Å²) in [6.45, 7) is 4.22. The van der Waals surface area contributed by atoms with E-state index >= 15 is 0 Å². The van der Waals surface area contributed by atoms with E-state index in [1.54, 1.807) is 13.0 Å². The van der Waals surface area contributed by atoms with E-state index in [2.05, 4.69) is 20.6 Å². The van der Waals surface area contributed by atoms with Crippen LogP contribution < -0.4 is 15.4 Å². The van der Waals surface area contributed by atoms with Gasteiger partial charge in [0, 0.05) is 17.4 Å². The normalized spacial score (nSPS) is 11.2. The van der Waals surface area contributed by atoms with Crippen molar-refractivity contribution in [1.29, 1.82) is 0 Å². The van der Waals surface area contributed by atoms with Crippen molar-refractivity contribution < 1.29 is 17.9 Å². The number of hydrogen-bond donors (Lipinski definition) is 2. The van der Waals surface area contributed by atoms with Crippen LogP contribution >= 0.6 is 0 Å². The molecule has 0 aliphatic heterocycles. The van der Waals surface area contributed by atoms with Gasteiger partial charge in [0.15, 0.2) is 0 Å². The molecule has 0 saturated carbocycles. The van der Waals surface area contributed by atoms with E-state index < -0.39 is 11.7 Å². The van der Waals surface area contributed by atoms with Crippen LogP contribution in [-0.4, -0.2) is 16.6 Å². The van der Waals surface area contributed by atoms with Gasteiger partial charge in [-0.1, -0.05) is 12.1 Å². The molecule has 8 heteroatoms. The minimum absolute atomic E-state index is 0.349. The molecule has 28 heavy (non-hydrogen) atoms. The van der Waals surface area contributed by atoms with Crippen LogP contribution in [0.5, 0.6) is 5.75 Å². The van der Waals surface area contributed by atoms with E-state index in [1.165, 1.54) is 12.1 Å². The van der Waals surface area contributed by atoms with Gasteiger partial charge in [0.25, 0.3) is 0 Å². The van der Waals surface area contributed by atoms with Crippen molar-refractivity contribution in [3.8, 4) is 5.75 Å². The Hall–Kier alpha value is -3.29. The SMILES string of the molecule is CCOc1ccccc1Nc1nc(C)cc(Nc2ccc(C(F)(F)F)cc2)n1. The summed E-state index contributed by atoms with van der Waals surface area (Å²) in [5, 5.41) is 6.12. The number of halogens is 3. The first-order chi connectivity index (χ1) is 13.3. The summed E-state index contributed by atoms with van der Waals surface area (Å²) < 4.78 is 43.6. The van der Waals surface area contributed by atoms with Gasteiger partial charge in [-0.2, -0.15) is 18.2 Å². The maximum atomic E-state index is 12.7. The lowest BCUT2D eigenvalue weighted by molar-refractivity contribution is -0.137. The number of anilines is 4. The van der Waals surface area contributed by atoms with Crippen molar-refractivity contribution in [2.24, 2.45) is 0 Å². The molecule has 0 aliphatic rings. The molecule has 3 aromatic rings. The van der Waals surface area contributed by atoms with E-state index in [1.807, 2.05) is 31.2 Å². The van der Waals surface area contributed by atoms with Crippen molar-refractivity contribution in [3.05, 3.63) is 65.9 Å². The van der Waals surface area contributed by atoms with E-state index in [-0.39, 0.29) is 0 Å². The summed E-state index contributed by atoms with van der Waals surface area (Å²) in [4.78, 5) is 8.74. The van der Waals surface area contributed by atoms with Crippen LogP contribution in [0.3, 0.4) is 0 Å². The molecule has 0 bridgehead atoms. The zero-order valence-corrected chi connectivity index (χ0v) is 15.3. The summed E-state index contributed by atoms with van der Waals surface area (Å²) in [6, 6.07) is 13.9. The Bertz CT molecular complexity index is 943. The van der Waals surface area contributed by atoms with Gasteiger partial charge in [0.05, 0.1) is 17.9 Å². The number of aromatic nitrogens is 2. The van der Waals surface area contributed by atoms with E-state index in [9.17, 15) is 13.2 Å². The lowest BCUT2D eigenvalue weighted by Gasteiger charge is -2.13. The molecular weight excluding hydrogens is 369 g/mol. The molecule has 3 rings (SSSR count). The zero-order valence-electron chi connectivity index (χ0n) is 15.3. The maximum absolute atomic E-state index is 12.7. The van der Waals surface area contributed by atoms with Gasteiger partial charge in [-0.3, -0.25) is 0 Å². The van der Waals surface area contributed by atoms with E-state index in [0.29, 0.717) is 35.5 Å². The summed E-state index contributed by atoms with van der Waals surface area (Å²) in [7, 11) is 0. The second-order valence-corrected chi connectivity index (χ2v) is 5.97. The number of alkyl halides is 3. The third kappa shape index (κ3) is 4.91. The number of benzene rings is 2. The van der Waals surface area contributed by atoms with Crippen LogP contribution in [0, 0.1) is 6.92 Å². The average Bonchev–Trinajstić information content (AvgIpc) is 2.63. The first-order valence-corrected chi connectivity index (χ1v) is 8.64. The highest BCUT2D eigenvalue weighted by Crippen LogP contribution is 2.31. The third-order valence-corrected chi connectivity index (χ3v) is 3.77. The zero-order chi connectivity index (χ0) is 20.1. The minimum Gasteiger partial charge on any atom is -0.492 e. The molecule has 0 aliphatic carbocycles. The van der Waals surface area contributed by atoms with Gasteiger partial charge in [-0.15, -0.1) is 0 Å². The highest BCUT2D eigenvalue weighted by molar-refractivity contribution is 5.64. The van der Waals surface area contributed by atoms with Crippen LogP contribution in [0.15, 0.2) is 54.6 Å². The van der Waals surface area contributed by atoms with E-state index in [0.717, 1.165) is 17.8 Å². The van der Waals surface area contributed by atoms with Crippen LogP contribution in [-0.2, 0) is 6.18 Å². The van der Waals surface area contributed by atoms with Crippen molar-refractivity contribution in [3.63, 3.8) is 0 Å². The van der Waals surface area contributed by atoms with Gasteiger partial charge in [-0.25, -0.2) is 4.98 Å². The Morgan fingerprint density at radius 1 is 0.964 bits per heavy atom. The standard InChI is InChI=1S/C20H19F3N4O/c1-3-28-17-7-5-4-6-16(17)26-19-24-13(2)12-18(27-19)25-15-10-8-14(9-11-15)20(21,22)23/h4-12H,3H2,1-2H3,(H2,24,25,26,27). The number of hydrogen-bond acceptors (Lipinski definition) is 5. The fourth-order valence-corrected chi connectivity index (χ4v) is 2.55. The minimum atomic E-state index is -4.37. The first kappa shape index (κ1) is 19.5. The number of rotatable bonds is 6. The molecule has 2 aromatic carbocycles. The Kier molecular flexibility index (Phi) is 5.67. The number of nitrogens with zero attached hydrogens (tertiary/aromatic N) is 2. The van der Waals surface area contributed by atoms with Gasteiger partial charge in [-0.05, 0) is 50.2 Å². The number of nitrogens with one attached hydrogen (secondary N) is 2. The molecule has 0 spiro atoms. The van der Waals surface area contributed by atoms with Crippen LogP contribution in [0.1, 0.15) is 18.2 Å². The van der Waals surface area contributed by atoms with Crippen molar-refractivity contribution in [1.82, 2.24) is 9.97 Å². The Labute approximate surface area is 160 Å². The Morgan fingerprint density at radius 3 is 2.36 bits per heavy atom. The fourth-order valence-electron chi connectivity index (χ4n) is 2.55. The summed E-state index contributed by atoms with van der Waals surface area (Å²) in [6.07, 6.45) is -4.37. The van der Waals surface area contributed by atoms with Crippen molar-refractivity contribution >= 4 is 23.1 Å². The predicted molar refractivity (Wildman–Crippen MR) is 102 cm³/mol. The Balaban J connectivity index is 1.80. The lowest BCUT2D eigenvalue weighted by Crippen LogP contribution is -2.05. The van der Waals surface area contributed by atoms with Crippen molar-refractivity contribution in [2.75, 3.05) is 17.2 Å². The lowest BCUT2D eigenvalue weighted by atomic mass is 10.2. The smallest absolute Gasteiger partial charge is 0.416 e. The topological polar surface area (TPSA) is 59.1 Å². The van der Waals surface area contributed by atoms with Crippen LogP contribution in [0.4, 0.5) is 36.3 Å². The number of para-hydroxylation sites is 2. The maximum Gasteiger partial charge on any atom is 0.416 e. The highest BCUT2D eigenvalue weighted by Gasteiger charge is 2.29. The summed E-state index contributed by atoms with van der Waals surface area (Å²) >= 11 is 0. The van der Waals surface area contributed by atoms with Gasteiger partial charge in [0.1, 0.15) is 11.6 Å². The molecule has 0 amide bonds. The average molecular weight is 388 g/mol. The molecule has 1 aromatic heterocycles. The third-order valence-electron chi connectivity index (χ3n) is 3.77. The molecular formula is C20H19F3N4O. The summed E-state index contributed by atoms with van der Waals surface area (Å²) in [5.41, 5.74) is 1.20. The number of ether oxygens (including phenoxy) is 1. The molecule has 2 N–H and O–H groups in total. The van der Waals surface area contributed by atoms with Gasteiger partial charge < -0.3 is 15.4 Å².